The van der Waals surface area contributed by atoms with Crippen LogP contribution in [-0.4, -0.2) is 51.0 Å². The van der Waals surface area contributed by atoms with Gasteiger partial charge in [0.25, 0.3) is 0 Å². The van der Waals surface area contributed by atoms with Crippen molar-refractivity contribution in [3.63, 3.8) is 0 Å². The number of nitrogens with one attached hydrogen (secondary N) is 4. The highest BCUT2D eigenvalue weighted by molar-refractivity contribution is 5.85. The molecule has 0 bridgehead atoms. The van der Waals surface area contributed by atoms with Crippen molar-refractivity contribution < 1.29 is 4.79 Å². The third-order valence-corrected chi connectivity index (χ3v) is 6.32. The summed E-state index contributed by atoms with van der Waals surface area (Å²) in [6.45, 7) is 7.91. The number of hydrogen-bond acceptors (Lipinski definition) is 8. The van der Waals surface area contributed by atoms with Gasteiger partial charge in [-0.05, 0) is 62.6 Å². The van der Waals surface area contributed by atoms with E-state index < -0.39 is 5.41 Å². The van der Waals surface area contributed by atoms with Gasteiger partial charge < -0.3 is 15.5 Å². The predicted octanol–water partition coefficient (Wildman–Crippen LogP) is 1.74. The topological polar surface area (TPSA) is 112 Å². The normalized spacial score (nSPS) is 21.2. The molecule has 2 aliphatic rings. The van der Waals surface area contributed by atoms with Crippen molar-refractivity contribution in [2.24, 2.45) is 5.41 Å². The van der Waals surface area contributed by atoms with E-state index in [1.165, 1.54) is 0 Å². The van der Waals surface area contributed by atoms with Gasteiger partial charge in [0.05, 0.1) is 11.6 Å². The minimum Gasteiger partial charge on any atom is -0.354 e. The fraction of sp³-hybridized carbons (Fsp3) is 0.417. The highest BCUT2D eigenvalue weighted by Gasteiger charge is 2.45. The summed E-state index contributed by atoms with van der Waals surface area (Å²) in [6.07, 6.45) is 6.46. The summed E-state index contributed by atoms with van der Waals surface area (Å²) in [5, 5.41) is 10.7. The van der Waals surface area contributed by atoms with Crippen LogP contribution in [0.4, 0.5) is 11.6 Å². The zero-order valence-electron chi connectivity index (χ0n) is 19.7. The largest absolute Gasteiger partial charge is 0.354 e. The van der Waals surface area contributed by atoms with Crippen LogP contribution in [-0.2, 0) is 11.3 Å². The smallest absolute Gasteiger partial charge is 0.229 e. The molecule has 2 saturated heterocycles. The minimum atomic E-state index is -0.451. The number of pyridine rings is 2. The molecule has 34 heavy (non-hydrogen) atoms. The van der Waals surface area contributed by atoms with Crippen molar-refractivity contribution in [2.45, 2.75) is 45.9 Å². The van der Waals surface area contributed by atoms with Crippen molar-refractivity contribution in [3.05, 3.63) is 60.0 Å². The lowest BCUT2D eigenvalue weighted by Gasteiger charge is -2.47. The SMILES string of the molecule is Cc1cc(NC2CC(C)NN2)nc(N2CC(C)(C(=O)NCc3ccc(-n4cccn4)nc3)C2)c1. The highest BCUT2D eigenvalue weighted by Crippen LogP contribution is 2.34. The summed E-state index contributed by atoms with van der Waals surface area (Å²) < 4.78 is 1.70. The van der Waals surface area contributed by atoms with Crippen LogP contribution in [0.1, 0.15) is 31.4 Å². The number of rotatable bonds is 7. The molecule has 0 radical (unpaired) electrons. The molecule has 5 rings (SSSR count). The Morgan fingerprint density at radius 1 is 1.24 bits per heavy atom. The molecular weight excluding hydrogens is 430 g/mol. The van der Waals surface area contributed by atoms with Crippen LogP contribution >= 0.6 is 0 Å². The Kier molecular flexibility index (Phi) is 5.93. The molecule has 0 spiro atoms. The first-order valence-corrected chi connectivity index (χ1v) is 11.6. The molecule has 4 N–H and O–H groups in total. The van der Waals surface area contributed by atoms with Crippen molar-refractivity contribution in [2.75, 3.05) is 23.3 Å². The number of hydrogen-bond donors (Lipinski definition) is 4. The van der Waals surface area contributed by atoms with Crippen LogP contribution in [0.5, 0.6) is 0 Å². The summed E-state index contributed by atoms with van der Waals surface area (Å²) in [7, 11) is 0. The fourth-order valence-electron chi connectivity index (χ4n) is 4.43. The number of hydrazine groups is 1. The van der Waals surface area contributed by atoms with Gasteiger partial charge in [-0.15, -0.1) is 0 Å². The van der Waals surface area contributed by atoms with Crippen LogP contribution in [0.15, 0.2) is 48.9 Å². The van der Waals surface area contributed by atoms with E-state index >= 15 is 0 Å². The number of carbonyl (C=O) groups excluding carboxylic acids is 1. The average Bonchev–Trinajstić information content (AvgIpc) is 3.47. The Balaban J connectivity index is 1.15. The second-order valence-electron chi connectivity index (χ2n) is 9.58. The van der Waals surface area contributed by atoms with Gasteiger partial charge in [0.15, 0.2) is 5.82 Å². The second kappa shape index (κ2) is 9.03. The van der Waals surface area contributed by atoms with Gasteiger partial charge in [-0.25, -0.2) is 20.1 Å². The quantitative estimate of drug-likeness (QED) is 0.421. The molecule has 5 heterocycles. The maximum absolute atomic E-state index is 12.9. The van der Waals surface area contributed by atoms with Gasteiger partial charge in [0.1, 0.15) is 11.6 Å². The van der Waals surface area contributed by atoms with Crippen molar-refractivity contribution in [1.82, 2.24) is 35.9 Å². The first kappa shape index (κ1) is 22.3. The van der Waals surface area contributed by atoms with Crippen LogP contribution in [0.3, 0.4) is 0 Å². The molecule has 10 nitrogen and oxygen atoms in total. The Bertz CT molecular complexity index is 1140. The van der Waals surface area contributed by atoms with E-state index in [1.54, 1.807) is 17.1 Å². The van der Waals surface area contributed by atoms with Crippen molar-refractivity contribution >= 4 is 17.5 Å². The van der Waals surface area contributed by atoms with Crippen LogP contribution < -0.4 is 26.4 Å². The van der Waals surface area contributed by atoms with E-state index in [0.717, 1.165) is 35.0 Å². The highest BCUT2D eigenvalue weighted by atomic mass is 16.2. The Morgan fingerprint density at radius 2 is 2.09 bits per heavy atom. The van der Waals surface area contributed by atoms with Gasteiger partial charge >= 0.3 is 0 Å². The summed E-state index contributed by atoms with van der Waals surface area (Å²) in [5.74, 6) is 2.52. The molecule has 2 fully saturated rings. The lowest BCUT2D eigenvalue weighted by atomic mass is 9.81. The first-order valence-electron chi connectivity index (χ1n) is 11.6. The molecule has 0 aromatic carbocycles. The Hall–Kier alpha value is -3.50. The fourth-order valence-corrected chi connectivity index (χ4v) is 4.43. The first-order chi connectivity index (χ1) is 16.4. The predicted molar refractivity (Wildman–Crippen MR) is 130 cm³/mol. The summed E-state index contributed by atoms with van der Waals surface area (Å²) >= 11 is 0. The lowest BCUT2D eigenvalue weighted by molar-refractivity contribution is -0.131. The third kappa shape index (κ3) is 4.73. The standard InChI is InChI=1S/C24H31N9O/c1-16-9-19(28-20-11-17(2)30-31-20)29-22(10-16)32-14-24(3,15-32)23(34)26-13-18-5-6-21(25-12-18)33-8-4-7-27-33/h4-10,12,17,20,30-31H,11,13-15H2,1-3H3,(H,26,34)(H,28,29). The molecule has 0 saturated carbocycles. The molecule has 1 amide bonds. The van der Waals surface area contributed by atoms with Gasteiger partial charge in [-0.1, -0.05) is 6.07 Å². The van der Waals surface area contributed by atoms with Crippen molar-refractivity contribution in [1.29, 1.82) is 0 Å². The number of amides is 1. The van der Waals surface area contributed by atoms with Crippen molar-refractivity contribution in [3.8, 4) is 5.82 Å². The molecule has 178 valence electrons. The minimum absolute atomic E-state index is 0.0427. The zero-order chi connectivity index (χ0) is 23.7. The molecular formula is C24H31N9O. The average molecular weight is 462 g/mol. The summed E-state index contributed by atoms with van der Waals surface area (Å²) in [6, 6.07) is 10.2. The monoisotopic (exact) mass is 461 g/mol. The van der Waals surface area contributed by atoms with Crippen LogP contribution in [0.2, 0.25) is 0 Å². The molecule has 2 unspecified atom stereocenters. The second-order valence-corrected chi connectivity index (χ2v) is 9.58. The molecule has 0 aliphatic carbocycles. The van der Waals surface area contributed by atoms with E-state index in [4.69, 9.17) is 4.98 Å². The van der Waals surface area contributed by atoms with E-state index in [-0.39, 0.29) is 12.1 Å². The van der Waals surface area contributed by atoms with Gasteiger partial charge in [0, 0.05) is 44.3 Å². The zero-order valence-corrected chi connectivity index (χ0v) is 19.7. The number of nitrogens with zero attached hydrogens (tertiary/aromatic N) is 5. The van der Waals surface area contributed by atoms with Gasteiger partial charge in [-0.3, -0.25) is 10.2 Å². The summed E-state index contributed by atoms with van der Waals surface area (Å²) in [4.78, 5) is 24.3. The van der Waals surface area contributed by atoms with Gasteiger partial charge in [0.2, 0.25) is 5.91 Å². The lowest BCUT2D eigenvalue weighted by Crippen LogP contribution is -2.62. The van der Waals surface area contributed by atoms with Gasteiger partial charge in [-0.2, -0.15) is 5.10 Å². The van der Waals surface area contributed by atoms with E-state index in [1.807, 2.05) is 37.4 Å². The molecule has 3 aromatic rings. The molecule has 2 atom stereocenters. The number of aromatic nitrogens is 4. The maximum atomic E-state index is 12.9. The van der Waals surface area contributed by atoms with E-state index in [0.29, 0.717) is 25.7 Å². The Labute approximate surface area is 199 Å². The number of anilines is 2. The van der Waals surface area contributed by atoms with E-state index in [9.17, 15) is 4.79 Å². The Morgan fingerprint density at radius 3 is 2.76 bits per heavy atom. The van der Waals surface area contributed by atoms with Crippen LogP contribution in [0, 0.1) is 12.3 Å². The number of aryl methyl sites for hydroxylation is 1. The van der Waals surface area contributed by atoms with E-state index in [2.05, 4.69) is 56.4 Å². The third-order valence-electron chi connectivity index (χ3n) is 6.32. The number of carbonyl (C=O) groups is 1. The molecule has 10 heteroatoms. The maximum Gasteiger partial charge on any atom is 0.229 e. The van der Waals surface area contributed by atoms with Crippen LogP contribution in [0.25, 0.3) is 5.82 Å². The molecule has 3 aromatic heterocycles. The summed E-state index contributed by atoms with van der Waals surface area (Å²) in [5.41, 5.74) is 8.09. The molecule has 2 aliphatic heterocycles.